The Bertz CT molecular complexity index is 1110. The van der Waals surface area contributed by atoms with Crippen LogP contribution in [0.25, 0.3) is 23.2 Å². The molecule has 0 aliphatic rings. The van der Waals surface area contributed by atoms with Crippen LogP contribution in [0, 0.1) is 5.82 Å². The number of aromatic carboxylic acids is 1. The van der Waals surface area contributed by atoms with Gasteiger partial charge >= 0.3 is 5.97 Å². The second-order valence-corrected chi connectivity index (χ2v) is 6.42. The first-order valence-electron chi connectivity index (χ1n) is 7.81. The molecular weight excluding hydrogens is 403 g/mol. The van der Waals surface area contributed by atoms with Crippen molar-refractivity contribution in [1.29, 1.82) is 0 Å². The fraction of sp³-hybridized carbons (Fsp3) is 0.105. The normalized spacial score (nSPS) is 11.3. The van der Waals surface area contributed by atoms with Crippen LogP contribution in [-0.2, 0) is 6.54 Å². The molecule has 1 heterocycles. The zero-order chi connectivity index (χ0) is 18.8. The first-order chi connectivity index (χ1) is 12.4. The molecule has 26 heavy (non-hydrogen) atoms. The Hall–Kier alpha value is -2.80. The van der Waals surface area contributed by atoms with Crippen LogP contribution in [0.4, 0.5) is 4.39 Å². The van der Waals surface area contributed by atoms with E-state index in [-0.39, 0.29) is 22.6 Å². The summed E-state index contributed by atoms with van der Waals surface area (Å²) in [6.45, 7) is 2.25. The zero-order valence-corrected chi connectivity index (χ0v) is 15.3. The number of aryl methyl sites for hydroxylation is 1. The standard InChI is InChI=1S/C19H14BrFN2O3/c1-2-23-17-8-5-12(19(25)26)10-16(17)22-15(18(23)24)7-4-11-3-6-14(21)13(20)9-11/h3-10H,2H2,1H3,(H,25,26)/b7-4+. The van der Waals surface area contributed by atoms with Crippen LogP contribution in [0.3, 0.4) is 0 Å². The van der Waals surface area contributed by atoms with Crippen molar-refractivity contribution in [2.45, 2.75) is 13.5 Å². The van der Waals surface area contributed by atoms with Gasteiger partial charge in [0.1, 0.15) is 11.5 Å². The van der Waals surface area contributed by atoms with Gasteiger partial charge in [-0.15, -0.1) is 0 Å². The van der Waals surface area contributed by atoms with Gasteiger partial charge in [-0.05, 0) is 64.8 Å². The van der Waals surface area contributed by atoms with Gasteiger partial charge in [0, 0.05) is 6.54 Å². The average molecular weight is 417 g/mol. The van der Waals surface area contributed by atoms with Gasteiger partial charge < -0.3 is 9.67 Å². The highest BCUT2D eigenvalue weighted by molar-refractivity contribution is 9.10. The Morgan fingerprint density at radius 3 is 2.69 bits per heavy atom. The molecule has 0 saturated carbocycles. The molecule has 0 atom stereocenters. The largest absolute Gasteiger partial charge is 0.478 e. The lowest BCUT2D eigenvalue weighted by atomic mass is 10.1. The van der Waals surface area contributed by atoms with E-state index < -0.39 is 5.97 Å². The summed E-state index contributed by atoms with van der Waals surface area (Å²) in [6, 6.07) is 8.97. The molecule has 0 radical (unpaired) electrons. The predicted octanol–water partition coefficient (Wildman–Crippen LogP) is 4.19. The summed E-state index contributed by atoms with van der Waals surface area (Å²) in [4.78, 5) is 28.1. The van der Waals surface area contributed by atoms with Crippen LogP contribution in [0.15, 0.2) is 45.7 Å². The second-order valence-electron chi connectivity index (χ2n) is 5.56. The van der Waals surface area contributed by atoms with Gasteiger partial charge in [0.05, 0.1) is 21.1 Å². The molecule has 1 aromatic heterocycles. The van der Waals surface area contributed by atoms with E-state index in [4.69, 9.17) is 5.11 Å². The molecule has 0 aliphatic carbocycles. The van der Waals surface area contributed by atoms with Crippen LogP contribution in [-0.4, -0.2) is 20.6 Å². The predicted molar refractivity (Wildman–Crippen MR) is 102 cm³/mol. The van der Waals surface area contributed by atoms with Crippen LogP contribution in [0.1, 0.15) is 28.5 Å². The zero-order valence-electron chi connectivity index (χ0n) is 13.7. The second kappa shape index (κ2) is 7.21. The molecule has 0 saturated heterocycles. The number of hydrogen-bond donors (Lipinski definition) is 1. The maximum absolute atomic E-state index is 13.3. The topological polar surface area (TPSA) is 72.2 Å². The summed E-state index contributed by atoms with van der Waals surface area (Å²) in [7, 11) is 0. The number of aromatic nitrogens is 2. The van der Waals surface area contributed by atoms with Gasteiger partial charge in [-0.1, -0.05) is 12.1 Å². The number of benzene rings is 2. The molecule has 5 nitrogen and oxygen atoms in total. The van der Waals surface area contributed by atoms with Crippen LogP contribution >= 0.6 is 15.9 Å². The summed E-state index contributed by atoms with van der Waals surface area (Å²) >= 11 is 3.12. The molecule has 0 bridgehead atoms. The molecule has 132 valence electrons. The highest BCUT2D eigenvalue weighted by Crippen LogP contribution is 2.19. The third kappa shape index (κ3) is 3.43. The molecular formula is C19H14BrFN2O3. The Morgan fingerprint density at radius 2 is 2.04 bits per heavy atom. The summed E-state index contributed by atoms with van der Waals surface area (Å²) in [6.07, 6.45) is 3.20. The lowest BCUT2D eigenvalue weighted by Gasteiger charge is -2.09. The number of carboxylic acid groups (broad SMARTS) is 1. The quantitative estimate of drug-likeness (QED) is 0.691. The van der Waals surface area contributed by atoms with E-state index in [1.165, 1.54) is 22.8 Å². The highest BCUT2D eigenvalue weighted by atomic mass is 79.9. The SMILES string of the molecule is CCn1c(=O)c(/C=C/c2ccc(F)c(Br)c2)nc2cc(C(=O)O)ccc21. The van der Waals surface area contributed by atoms with Gasteiger partial charge in [0.2, 0.25) is 0 Å². The maximum atomic E-state index is 13.3. The average Bonchev–Trinajstić information content (AvgIpc) is 2.62. The van der Waals surface area contributed by atoms with Crippen molar-refractivity contribution in [2.24, 2.45) is 0 Å². The molecule has 3 rings (SSSR count). The van der Waals surface area contributed by atoms with Gasteiger partial charge in [-0.25, -0.2) is 14.2 Å². The summed E-state index contributed by atoms with van der Waals surface area (Å²) in [5, 5.41) is 9.15. The highest BCUT2D eigenvalue weighted by Gasteiger charge is 2.11. The minimum Gasteiger partial charge on any atom is -0.478 e. The summed E-state index contributed by atoms with van der Waals surface area (Å²) in [5.41, 5.74) is 1.70. The minimum absolute atomic E-state index is 0.101. The first kappa shape index (κ1) is 18.0. The molecule has 0 fully saturated rings. The van der Waals surface area contributed by atoms with Crippen molar-refractivity contribution < 1.29 is 14.3 Å². The fourth-order valence-corrected chi connectivity index (χ4v) is 3.01. The fourth-order valence-electron chi connectivity index (χ4n) is 2.61. The van der Waals surface area contributed by atoms with Crippen LogP contribution in [0.5, 0.6) is 0 Å². The van der Waals surface area contributed by atoms with Crippen molar-refractivity contribution in [3.05, 3.63) is 73.9 Å². The number of carboxylic acids is 1. The van der Waals surface area contributed by atoms with Gasteiger partial charge in [-0.3, -0.25) is 4.79 Å². The minimum atomic E-state index is -1.06. The molecule has 0 amide bonds. The van der Waals surface area contributed by atoms with Crippen molar-refractivity contribution in [3.8, 4) is 0 Å². The van der Waals surface area contributed by atoms with E-state index in [0.717, 1.165) is 0 Å². The van der Waals surface area contributed by atoms with Gasteiger partial charge in [0.25, 0.3) is 5.56 Å². The Labute approximate surface area is 156 Å². The van der Waals surface area contributed by atoms with Gasteiger partial charge in [0.15, 0.2) is 0 Å². The molecule has 7 heteroatoms. The number of carbonyl (C=O) groups is 1. The number of hydrogen-bond acceptors (Lipinski definition) is 3. The van der Waals surface area contributed by atoms with Crippen molar-refractivity contribution in [3.63, 3.8) is 0 Å². The Morgan fingerprint density at radius 1 is 1.27 bits per heavy atom. The molecule has 3 aromatic rings. The third-order valence-electron chi connectivity index (χ3n) is 3.91. The molecule has 2 aromatic carbocycles. The maximum Gasteiger partial charge on any atom is 0.335 e. The smallest absolute Gasteiger partial charge is 0.335 e. The van der Waals surface area contributed by atoms with E-state index in [9.17, 15) is 14.0 Å². The van der Waals surface area contributed by atoms with Crippen LogP contribution in [0.2, 0.25) is 0 Å². The van der Waals surface area contributed by atoms with E-state index in [1.807, 2.05) is 6.92 Å². The number of halogens is 2. The molecule has 0 aliphatic heterocycles. The lowest BCUT2D eigenvalue weighted by molar-refractivity contribution is 0.0697. The Balaban J connectivity index is 2.13. The molecule has 0 spiro atoms. The van der Waals surface area contributed by atoms with Gasteiger partial charge in [-0.2, -0.15) is 0 Å². The van der Waals surface area contributed by atoms with Crippen molar-refractivity contribution >= 4 is 45.1 Å². The monoisotopic (exact) mass is 416 g/mol. The van der Waals surface area contributed by atoms with Crippen molar-refractivity contribution in [1.82, 2.24) is 9.55 Å². The van der Waals surface area contributed by atoms with E-state index in [2.05, 4.69) is 20.9 Å². The summed E-state index contributed by atoms with van der Waals surface area (Å²) < 4.78 is 15.2. The molecule has 0 unspecified atom stereocenters. The van der Waals surface area contributed by atoms with Crippen LogP contribution < -0.4 is 5.56 Å². The van der Waals surface area contributed by atoms with E-state index >= 15 is 0 Å². The number of fused-ring (bicyclic) bond motifs is 1. The number of nitrogens with zero attached hydrogens (tertiary/aromatic N) is 2. The first-order valence-corrected chi connectivity index (χ1v) is 8.61. The van der Waals surface area contributed by atoms with E-state index in [1.54, 1.807) is 30.4 Å². The number of rotatable bonds is 4. The lowest BCUT2D eigenvalue weighted by Crippen LogP contribution is -2.23. The molecule has 1 N–H and O–H groups in total. The third-order valence-corrected chi connectivity index (χ3v) is 4.52. The van der Waals surface area contributed by atoms with E-state index in [0.29, 0.717) is 27.6 Å². The summed E-state index contributed by atoms with van der Waals surface area (Å²) in [5.74, 6) is -1.43. The van der Waals surface area contributed by atoms with Crippen molar-refractivity contribution in [2.75, 3.05) is 0 Å². The Kier molecular flexibility index (Phi) is 4.99.